The number of nitrogens with two attached hydrogens (primary N) is 1. The van der Waals surface area contributed by atoms with Crippen LogP contribution < -0.4 is 11.1 Å². The zero-order valence-electron chi connectivity index (χ0n) is 21.2. The molecule has 2 fully saturated rings. The second kappa shape index (κ2) is 11.5. The first kappa shape index (κ1) is 27.8. The Morgan fingerprint density at radius 2 is 1.75 bits per heavy atom. The fraction of sp³-hybridized carbons (Fsp3) is 0.615. The summed E-state index contributed by atoms with van der Waals surface area (Å²) in [5.41, 5.74) is 5.44. The van der Waals surface area contributed by atoms with Crippen LogP contribution >= 0.6 is 0 Å². The molecule has 2 aliphatic heterocycles. The predicted molar refractivity (Wildman–Crippen MR) is 133 cm³/mol. The number of nitrogens with zero attached hydrogens (tertiary/aromatic N) is 2. The van der Waals surface area contributed by atoms with Gasteiger partial charge in [-0.1, -0.05) is 30.3 Å². The standard InChI is InChI=1S/C26H38N4O6/c1-16(31)21(27)24(35)29-13-7-11-20(29)23(34)30-14-8-12-26(30,15-19-9-5-4-6-10-19)25(36)28-22(17(2)32)18(3)33/h4-6,9-10,16-17,20-22,31-32H,7-8,11-15,27H2,1-3H3,(H,28,36)/t16-,17-,20?,21+,22+,26?/m1/s1. The van der Waals surface area contributed by atoms with Gasteiger partial charge in [-0.2, -0.15) is 0 Å². The molecule has 0 aliphatic carbocycles. The quantitative estimate of drug-likeness (QED) is 0.363. The minimum Gasteiger partial charge on any atom is -0.391 e. The van der Waals surface area contributed by atoms with Gasteiger partial charge >= 0.3 is 0 Å². The molecule has 6 atom stereocenters. The Labute approximate surface area is 211 Å². The lowest BCUT2D eigenvalue weighted by molar-refractivity contribution is -0.152. The van der Waals surface area contributed by atoms with Crippen molar-refractivity contribution in [2.75, 3.05) is 13.1 Å². The summed E-state index contributed by atoms with van der Waals surface area (Å²) in [5, 5.41) is 22.6. The number of Topliss-reactive ketones (excluding diaryl/α,β-unsaturated/α-hetero) is 1. The van der Waals surface area contributed by atoms with Gasteiger partial charge in [0, 0.05) is 19.5 Å². The lowest BCUT2D eigenvalue weighted by Crippen LogP contribution is -2.64. The number of amides is 3. The van der Waals surface area contributed by atoms with Crippen molar-refractivity contribution in [2.24, 2.45) is 5.73 Å². The molecule has 5 N–H and O–H groups in total. The minimum atomic E-state index is -1.29. The largest absolute Gasteiger partial charge is 0.391 e. The summed E-state index contributed by atoms with van der Waals surface area (Å²) in [6.07, 6.45) is 0.0407. The van der Waals surface area contributed by atoms with Crippen LogP contribution in [-0.2, 0) is 25.6 Å². The molecule has 0 bridgehead atoms. The number of hydrogen-bond acceptors (Lipinski definition) is 7. The molecular formula is C26H38N4O6. The van der Waals surface area contributed by atoms with Gasteiger partial charge in [0.15, 0.2) is 5.78 Å². The van der Waals surface area contributed by atoms with E-state index in [1.165, 1.54) is 25.7 Å². The Bertz CT molecular complexity index is 968. The van der Waals surface area contributed by atoms with E-state index in [4.69, 9.17) is 5.73 Å². The molecule has 36 heavy (non-hydrogen) atoms. The van der Waals surface area contributed by atoms with E-state index in [1.54, 1.807) is 4.90 Å². The Balaban J connectivity index is 1.96. The van der Waals surface area contributed by atoms with Crippen LogP contribution in [0, 0.1) is 0 Å². The second-order valence-corrected chi connectivity index (χ2v) is 10.0. The first-order valence-electron chi connectivity index (χ1n) is 12.6. The zero-order chi connectivity index (χ0) is 26.6. The molecule has 3 amide bonds. The number of nitrogens with one attached hydrogen (secondary N) is 1. The van der Waals surface area contributed by atoms with E-state index in [1.807, 2.05) is 30.3 Å². The van der Waals surface area contributed by atoms with Crippen molar-refractivity contribution in [3.8, 4) is 0 Å². The van der Waals surface area contributed by atoms with Crippen LogP contribution in [-0.4, -0.2) is 92.5 Å². The van der Waals surface area contributed by atoms with Gasteiger partial charge in [-0.05, 0) is 52.0 Å². The summed E-state index contributed by atoms with van der Waals surface area (Å²) in [4.78, 5) is 55.8. The molecule has 0 aromatic heterocycles. The highest BCUT2D eigenvalue weighted by Gasteiger charge is 2.53. The topological polar surface area (TPSA) is 153 Å². The van der Waals surface area contributed by atoms with Crippen LogP contribution in [0.25, 0.3) is 0 Å². The number of aliphatic hydroxyl groups is 2. The molecule has 1 aromatic rings. The van der Waals surface area contributed by atoms with Crippen molar-refractivity contribution in [1.82, 2.24) is 15.1 Å². The molecule has 3 rings (SSSR count). The van der Waals surface area contributed by atoms with Crippen molar-refractivity contribution >= 4 is 23.5 Å². The first-order chi connectivity index (χ1) is 17.0. The Hall–Kier alpha value is -2.82. The fourth-order valence-corrected chi connectivity index (χ4v) is 5.34. The van der Waals surface area contributed by atoms with Gasteiger partial charge in [-0.25, -0.2) is 0 Å². The zero-order valence-corrected chi connectivity index (χ0v) is 21.2. The summed E-state index contributed by atoms with van der Waals surface area (Å²) in [7, 11) is 0. The van der Waals surface area contributed by atoms with Gasteiger partial charge in [0.05, 0.1) is 12.2 Å². The van der Waals surface area contributed by atoms with Crippen LogP contribution in [0.15, 0.2) is 30.3 Å². The molecule has 0 spiro atoms. The average molecular weight is 503 g/mol. The fourth-order valence-electron chi connectivity index (χ4n) is 5.34. The van der Waals surface area contributed by atoms with Gasteiger partial charge in [0.25, 0.3) is 0 Å². The summed E-state index contributed by atoms with van der Waals surface area (Å²) < 4.78 is 0. The SMILES string of the molecule is CC(=O)[C@@H](NC(=O)C1(Cc2ccccc2)CCCN1C(=O)C1CCCN1C(=O)[C@@H](N)[C@@H](C)O)[C@@H](C)O. The number of carbonyl (C=O) groups excluding carboxylic acids is 4. The second-order valence-electron chi connectivity index (χ2n) is 10.0. The van der Waals surface area contributed by atoms with Crippen LogP contribution in [0.4, 0.5) is 0 Å². The molecule has 1 aromatic carbocycles. The van der Waals surface area contributed by atoms with Crippen molar-refractivity contribution in [3.63, 3.8) is 0 Å². The van der Waals surface area contributed by atoms with Crippen molar-refractivity contribution in [1.29, 1.82) is 0 Å². The van der Waals surface area contributed by atoms with Crippen LogP contribution in [0.1, 0.15) is 52.0 Å². The molecule has 2 aliphatic rings. The van der Waals surface area contributed by atoms with E-state index in [0.29, 0.717) is 38.8 Å². The van der Waals surface area contributed by atoms with Crippen molar-refractivity contribution < 1.29 is 29.4 Å². The molecular weight excluding hydrogens is 464 g/mol. The van der Waals surface area contributed by atoms with Crippen LogP contribution in [0.3, 0.4) is 0 Å². The summed E-state index contributed by atoms with van der Waals surface area (Å²) in [5.74, 6) is -1.74. The molecule has 10 heteroatoms. The normalized spacial score (nSPS) is 25.2. The van der Waals surface area contributed by atoms with Gasteiger partial charge in [-0.3, -0.25) is 19.2 Å². The lowest BCUT2D eigenvalue weighted by atomic mass is 9.86. The van der Waals surface area contributed by atoms with E-state index in [9.17, 15) is 29.4 Å². The van der Waals surface area contributed by atoms with Gasteiger partial charge in [-0.15, -0.1) is 0 Å². The van der Waals surface area contributed by atoms with E-state index in [-0.39, 0.29) is 18.1 Å². The maximum atomic E-state index is 14.0. The van der Waals surface area contributed by atoms with Crippen LogP contribution in [0.5, 0.6) is 0 Å². The number of benzene rings is 1. The number of likely N-dealkylation sites (tertiary alicyclic amines) is 2. The highest BCUT2D eigenvalue weighted by atomic mass is 16.3. The minimum absolute atomic E-state index is 0.226. The highest BCUT2D eigenvalue weighted by molar-refractivity contribution is 5.98. The Morgan fingerprint density at radius 3 is 2.33 bits per heavy atom. The van der Waals surface area contributed by atoms with E-state index in [2.05, 4.69) is 5.32 Å². The summed E-state index contributed by atoms with van der Waals surface area (Å²) in [6, 6.07) is 6.29. The average Bonchev–Trinajstić information content (AvgIpc) is 3.49. The molecule has 2 unspecified atom stereocenters. The van der Waals surface area contributed by atoms with Crippen LogP contribution in [0.2, 0.25) is 0 Å². The van der Waals surface area contributed by atoms with Crippen molar-refractivity contribution in [2.45, 2.75) is 88.7 Å². The highest BCUT2D eigenvalue weighted by Crippen LogP contribution is 2.36. The smallest absolute Gasteiger partial charge is 0.246 e. The first-order valence-corrected chi connectivity index (χ1v) is 12.6. The third-order valence-electron chi connectivity index (χ3n) is 7.35. The Morgan fingerprint density at radius 1 is 1.08 bits per heavy atom. The summed E-state index contributed by atoms with van der Waals surface area (Å²) >= 11 is 0. The monoisotopic (exact) mass is 502 g/mol. The van der Waals surface area contributed by atoms with Gasteiger partial charge in [0.1, 0.15) is 23.7 Å². The van der Waals surface area contributed by atoms with E-state index < -0.39 is 47.7 Å². The number of carbonyl (C=O) groups is 4. The van der Waals surface area contributed by atoms with Gasteiger partial charge in [0.2, 0.25) is 17.7 Å². The molecule has 0 saturated carbocycles. The number of hydrogen-bond donors (Lipinski definition) is 4. The molecule has 0 radical (unpaired) electrons. The Kier molecular flexibility index (Phi) is 8.86. The number of ketones is 1. The third-order valence-corrected chi connectivity index (χ3v) is 7.35. The lowest BCUT2D eigenvalue weighted by Gasteiger charge is -2.41. The third kappa shape index (κ3) is 5.61. The molecule has 198 valence electrons. The molecule has 2 heterocycles. The number of rotatable bonds is 9. The van der Waals surface area contributed by atoms with Crippen molar-refractivity contribution in [3.05, 3.63) is 35.9 Å². The number of aliphatic hydroxyl groups excluding tert-OH is 2. The summed E-state index contributed by atoms with van der Waals surface area (Å²) in [6.45, 7) is 4.82. The van der Waals surface area contributed by atoms with E-state index >= 15 is 0 Å². The maximum absolute atomic E-state index is 14.0. The predicted octanol–water partition coefficient (Wildman–Crippen LogP) is -0.256. The molecule has 2 saturated heterocycles. The maximum Gasteiger partial charge on any atom is 0.246 e. The van der Waals surface area contributed by atoms with E-state index in [0.717, 1.165) is 5.56 Å². The van der Waals surface area contributed by atoms with Gasteiger partial charge < -0.3 is 31.1 Å². The molecule has 10 nitrogen and oxygen atoms in total.